The zero-order chi connectivity index (χ0) is 17.9. The molecule has 0 radical (unpaired) electrons. The van der Waals surface area contributed by atoms with E-state index in [1.807, 2.05) is 13.8 Å². The molecule has 1 aromatic carbocycles. The highest BCUT2D eigenvalue weighted by Crippen LogP contribution is 2.24. The molecule has 3 unspecified atom stereocenters. The highest BCUT2D eigenvalue weighted by molar-refractivity contribution is 9.10. The van der Waals surface area contributed by atoms with Crippen LogP contribution in [0.15, 0.2) is 22.7 Å². The van der Waals surface area contributed by atoms with Crippen LogP contribution in [0.3, 0.4) is 0 Å². The molecule has 0 aromatic heterocycles. The molecule has 132 valence electrons. The molecule has 7 heteroatoms. The molecule has 0 bridgehead atoms. The molecule has 1 heterocycles. The first-order valence-corrected chi connectivity index (χ1v) is 8.60. The topological polar surface area (TPSA) is 65.1 Å². The highest BCUT2D eigenvalue weighted by Gasteiger charge is 2.30. The third-order valence-electron chi connectivity index (χ3n) is 3.76. The summed E-state index contributed by atoms with van der Waals surface area (Å²) in [4.78, 5) is 26.6. The lowest BCUT2D eigenvalue weighted by atomic mass is 10.2. The van der Waals surface area contributed by atoms with E-state index < -0.39 is 12.1 Å². The van der Waals surface area contributed by atoms with Crippen molar-refractivity contribution in [1.29, 1.82) is 0 Å². The number of amides is 1. The molecule has 24 heavy (non-hydrogen) atoms. The van der Waals surface area contributed by atoms with Crippen molar-refractivity contribution in [3.8, 4) is 5.75 Å². The van der Waals surface area contributed by atoms with E-state index in [0.29, 0.717) is 28.9 Å². The second-order valence-corrected chi connectivity index (χ2v) is 6.75. The standard InChI is InChI=1S/C17H22BrNO5/c1-10-8-19(9-11(2)23-10)16(20)12(3)24-17(21)14-7-13(22-4)5-6-15(14)18/h5-7,10-12H,8-9H2,1-4H3. The molecule has 1 aliphatic rings. The van der Waals surface area contributed by atoms with E-state index in [4.69, 9.17) is 14.2 Å². The lowest BCUT2D eigenvalue weighted by Gasteiger charge is -2.36. The van der Waals surface area contributed by atoms with Crippen LogP contribution < -0.4 is 4.74 Å². The smallest absolute Gasteiger partial charge is 0.340 e. The van der Waals surface area contributed by atoms with Gasteiger partial charge in [0, 0.05) is 17.6 Å². The molecule has 0 saturated carbocycles. The number of morpholine rings is 1. The number of rotatable bonds is 4. The zero-order valence-electron chi connectivity index (χ0n) is 14.2. The number of methoxy groups -OCH3 is 1. The van der Waals surface area contributed by atoms with Gasteiger partial charge in [-0.2, -0.15) is 0 Å². The minimum Gasteiger partial charge on any atom is -0.497 e. The number of hydrogen-bond donors (Lipinski definition) is 0. The number of halogens is 1. The van der Waals surface area contributed by atoms with Gasteiger partial charge in [-0.1, -0.05) is 0 Å². The molecule has 1 fully saturated rings. The molecule has 3 atom stereocenters. The molecule has 0 N–H and O–H groups in total. The first kappa shape index (κ1) is 18.7. The van der Waals surface area contributed by atoms with Crippen molar-refractivity contribution < 1.29 is 23.8 Å². The Morgan fingerprint density at radius 2 is 1.92 bits per heavy atom. The summed E-state index contributed by atoms with van der Waals surface area (Å²) in [6.45, 7) is 6.40. The summed E-state index contributed by atoms with van der Waals surface area (Å²) < 4.78 is 16.7. The number of carbonyl (C=O) groups excluding carboxylic acids is 2. The number of benzene rings is 1. The van der Waals surface area contributed by atoms with E-state index in [9.17, 15) is 9.59 Å². The summed E-state index contributed by atoms with van der Waals surface area (Å²) in [6, 6.07) is 5.00. The van der Waals surface area contributed by atoms with Gasteiger partial charge in [0.05, 0.1) is 24.9 Å². The monoisotopic (exact) mass is 399 g/mol. The van der Waals surface area contributed by atoms with Crippen molar-refractivity contribution in [3.05, 3.63) is 28.2 Å². The Labute approximate surface area is 150 Å². The zero-order valence-corrected chi connectivity index (χ0v) is 15.8. The Hall–Kier alpha value is -1.60. The quantitative estimate of drug-likeness (QED) is 0.728. The molecule has 1 saturated heterocycles. The fourth-order valence-corrected chi connectivity index (χ4v) is 3.09. The third-order valence-corrected chi connectivity index (χ3v) is 4.45. The minimum absolute atomic E-state index is 0.0341. The van der Waals surface area contributed by atoms with Gasteiger partial charge in [-0.25, -0.2) is 4.79 Å². The molecule has 0 spiro atoms. The highest BCUT2D eigenvalue weighted by atomic mass is 79.9. The van der Waals surface area contributed by atoms with Crippen molar-refractivity contribution in [1.82, 2.24) is 4.90 Å². The van der Waals surface area contributed by atoms with Gasteiger partial charge in [0.2, 0.25) is 0 Å². The third kappa shape index (κ3) is 4.48. The molecule has 1 aliphatic heterocycles. The van der Waals surface area contributed by atoms with Gasteiger partial charge in [-0.15, -0.1) is 0 Å². The van der Waals surface area contributed by atoms with Crippen molar-refractivity contribution in [2.45, 2.75) is 39.1 Å². The predicted molar refractivity (Wildman–Crippen MR) is 92.2 cm³/mol. The van der Waals surface area contributed by atoms with Crippen molar-refractivity contribution >= 4 is 27.8 Å². The molecule has 2 rings (SSSR count). The first-order valence-electron chi connectivity index (χ1n) is 7.80. The van der Waals surface area contributed by atoms with Crippen molar-refractivity contribution in [2.24, 2.45) is 0 Å². The molecule has 1 aromatic rings. The molecular formula is C17H22BrNO5. The summed E-state index contributed by atoms with van der Waals surface area (Å²) in [5, 5.41) is 0. The maximum absolute atomic E-state index is 12.5. The molecule has 6 nitrogen and oxygen atoms in total. The number of esters is 1. The maximum Gasteiger partial charge on any atom is 0.340 e. The summed E-state index contributed by atoms with van der Waals surface area (Å²) in [6.07, 6.45) is -0.936. The summed E-state index contributed by atoms with van der Waals surface area (Å²) in [7, 11) is 1.52. The van der Waals surface area contributed by atoms with E-state index in [1.165, 1.54) is 7.11 Å². The normalized spacial score (nSPS) is 22.0. The van der Waals surface area contributed by atoms with Crippen molar-refractivity contribution in [2.75, 3.05) is 20.2 Å². The largest absolute Gasteiger partial charge is 0.497 e. The fraction of sp³-hybridized carbons (Fsp3) is 0.529. The Balaban J connectivity index is 2.04. The van der Waals surface area contributed by atoms with Crippen LogP contribution in [0.25, 0.3) is 0 Å². The van der Waals surface area contributed by atoms with Crippen LogP contribution in [0.2, 0.25) is 0 Å². The lowest BCUT2D eigenvalue weighted by Crippen LogP contribution is -2.51. The molecule has 1 amide bonds. The Morgan fingerprint density at radius 3 is 2.50 bits per heavy atom. The first-order chi connectivity index (χ1) is 11.3. The predicted octanol–water partition coefficient (Wildman–Crippen LogP) is 2.64. The maximum atomic E-state index is 12.5. The van der Waals surface area contributed by atoms with Gasteiger partial charge >= 0.3 is 5.97 Å². The van der Waals surface area contributed by atoms with Crippen molar-refractivity contribution in [3.63, 3.8) is 0 Å². The van der Waals surface area contributed by atoms with Gasteiger partial charge in [0.1, 0.15) is 5.75 Å². The Kier molecular flexibility index (Phi) is 6.23. The number of ether oxygens (including phenoxy) is 3. The number of carbonyl (C=O) groups is 2. The Morgan fingerprint density at radius 1 is 1.29 bits per heavy atom. The second-order valence-electron chi connectivity index (χ2n) is 5.89. The number of nitrogens with zero attached hydrogens (tertiary/aromatic N) is 1. The van der Waals surface area contributed by atoms with Gasteiger partial charge in [-0.05, 0) is 54.9 Å². The molecular weight excluding hydrogens is 378 g/mol. The van der Waals surface area contributed by atoms with Gasteiger partial charge < -0.3 is 19.1 Å². The van der Waals surface area contributed by atoms with Crippen LogP contribution in [0, 0.1) is 0 Å². The van der Waals surface area contributed by atoms with Gasteiger partial charge in [0.25, 0.3) is 5.91 Å². The van der Waals surface area contributed by atoms with E-state index in [-0.39, 0.29) is 18.1 Å². The molecule has 0 aliphatic carbocycles. The van der Waals surface area contributed by atoms with Crippen LogP contribution in [-0.2, 0) is 14.3 Å². The van der Waals surface area contributed by atoms with Crippen LogP contribution >= 0.6 is 15.9 Å². The average molecular weight is 400 g/mol. The van der Waals surface area contributed by atoms with Crippen LogP contribution in [0.1, 0.15) is 31.1 Å². The van der Waals surface area contributed by atoms with E-state index in [1.54, 1.807) is 30.0 Å². The summed E-state index contributed by atoms with van der Waals surface area (Å²) >= 11 is 3.31. The van der Waals surface area contributed by atoms with E-state index in [0.717, 1.165) is 0 Å². The van der Waals surface area contributed by atoms with E-state index >= 15 is 0 Å². The fourth-order valence-electron chi connectivity index (χ4n) is 2.68. The van der Waals surface area contributed by atoms with Crippen LogP contribution in [0.5, 0.6) is 5.75 Å². The number of hydrogen-bond acceptors (Lipinski definition) is 5. The second kappa shape index (κ2) is 7.98. The van der Waals surface area contributed by atoms with Crippen LogP contribution in [-0.4, -0.2) is 55.3 Å². The van der Waals surface area contributed by atoms with Gasteiger partial charge in [0.15, 0.2) is 6.10 Å². The lowest BCUT2D eigenvalue weighted by molar-refractivity contribution is -0.151. The Bertz CT molecular complexity index is 611. The van der Waals surface area contributed by atoms with Crippen LogP contribution in [0.4, 0.5) is 0 Å². The SMILES string of the molecule is COc1ccc(Br)c(C(=O)OC(C)C(=O)N2CC(C)OC(C)C2)c1. The minimum atomic E-state index is -0.867. The van der Waals surface area contributed by atoms with Gasteiger partial charge in [-0.3, -0.25) is 4.79 Å². The van der Waals surface area contributed by atoms with E-state index in [2.05, 4.69) is 15.9 Å². The summed E-state index contributed by atoms with van der Waals surface area (Å²) in [5.74, 6) is -0.250. The average Bonchev–Trinajstić information content (AvgIpc) is 2.53. The summed E-state index contributed by atoms with van der Waals surface area (Å²) in [5.41, 5.74) is 0.317.